The summed E-state index contributed by atoms with van der Waals surface area (Å²) in [5.41, 5.74) is -13.1. The molecule has 0 spiro atoms. The van der Waals surface area contributed by atoms with Gasteiger partial charge < -0.3 is 9.84 Å². The molecule has 0 aliphatic heterocycles. The highest BCUT2D eigenvalue weighted by Gasteiger charge is 2.52. The maximum absolute atomic E-state index is 15.4. The monoisotopic (exact) mass is 952 g/mol. The number of carbonyl (C=O) groups excluding carboxylic acids is 1. The second-order valence-corrected chi connectivity index (χ2v) is 12.8. The molecule has 342 valence electrons. The number of hydrogen-bond acceptors (Lipinski definition) is 4. The summed E-state index contributed by atoms with van der Waals surface area (Å²) in [6.45, 7) is -0.195. The normalized spacial score (nSPS) is 11.4. The summed E-state index contributed by atoms with van der Waals surface area (Å²) >= 11 is 0. The lowest BCUT2D eigenvalue weighted by Crippen LogP contribution is -2.81. The van der Waals surface area contributed by atoms with Gasteiger partial charge in [-0.25, -0.2) is 97.4 Å². The smallest absolute Gasteiger partial charge is 0.405 e. The molecule has 0 unspecified atom stereocenters. The van der Waals surface area contributed by atoms with Gasteiger partial charge in [0.25, 0.3) is 0 Å². The average molecular weight is 952 g/mol. The van der Waals surface area contributed by atoms with E-state index in [0.717, 1.165) is 5.56 Å². The van der Waals surface area contributed by atoms with Crippen LogP contribution >= 0.6 is 0 Å². The van der Waals surface area contributed by atoms with Crippen LogP contribution in [0.2, 0.25) is 0 Å². The van der Waals surface area contributed by atoms with E-state index in [1.807, 2.05) is 30.3 Å². The molecule has 0 saturated heterocycles. The lowest BCUT2D eigenvalue weighted by Gasteiger charge is -2.44. The largest absolute Gasteiger partial charge is 0.479 e. The molecule has 27 heteroatoms. The van der Waals surface area contributed by atoms with E-state index in [0.29, 0.717) is 6.54 Å². The van der Waals surface area contributed by atoms with Crippen LogP contribution in [0.25, 0.3) is 0 Å². The number of nitrogens with zero attached hydrogens (tertiary/aromatic N) is 2. The molecule has 1 N–H and O–H groups in total. The molecule has 0 aliphatic carbocycles. The van der Waals surface area contributed by atoms with Crippen LogP contribution in [0.1, 0.15) is 16.1 Å². The summed E-state index contributed by atoms with van der Waals surface area (Å²) in [5.74, 6) is -73.3. The molecule has 5 aromatic carbocycles. The maximum atomic E-state index is 15.4. The highest BCUT2D eigenvalue weighted by molar-refractivity contribution is 7.20. The van der Waals surface area contributed by atoms with Crippen molar-refractivity contribution >= 4 is 39.9 Å². The molecule has 0 fully saturated rings. The molecule has 6 nitrogen and oxygen atoms in total. The van der Waals surface area contributed by atoms with E-state index < -0.39 is 163 Å². The molecule has 0 aliphatic rings. The first-order valence-corrected chi connectivity index (χ1v) is 16.9. The lowest BCUT2D eigenvalue weighted by atomic mass is 9.12. The van der Waals surface area contributed by atoms with Crippen LogP contribution in [0.3, 0.4) is 0 Å². The third-order valence-corrected chi connectivity index (χ3v) is 9.28. The Morgan fingerprint density at radius 3 is 1.06 bits per heavy atom. The summed E-state index contributed by atoms with van der Waals surface area (Å²) in [5, 5.41) is 8.51. The van der Waals surface area contributed by atoms with Gasteiger partial charge in [-0.15, -0.1) is 21.9 Å². The summed E-state index contributed by atoms with van der Waals surface area (Å²) in [4.78, 5) is 26.1. The van der Waals surface area contributed by atoms with Gasteiger partial charge in [0.2, 0.25) is 0 Å². The average Bonchev–Trinajstić information content (AvgIpc) is 3.28. The molecule has 0 saturated carbocycles. The molecule has 0 radical (unpaired) electrons. The number of carbonyl (C=O) groups is 2. The predicted octanol–water partition coefficient (Wildman–Crippen LogP) is 6.50. The van der Waals surface area contributed by atoms with E-state index in [9.17, 15) is 62.3 Å². The van der Waals surface area contributed by atoms with Crippen LogP contribution in [-0.4, -0.2) is 34.8 Å². The minimum Gasteiger partial charge on any atom is -0.479 e. The highest BCUT2D eigenvalue weighted by atomic mass is 19.2. The van der Waals surface area contributed by atoms with Crippen LogP contribution in [-0.2, 0) is 16.1 Å². The van der Waals surface area contributed by atoms with Gasteiger partial charge in [0.05, 0.1) is 6.20 Å². The molecule has 6 rings (SSSR count). The Morgan fingerprint density at radius 1 is 0.477 bits per heavy atom. The van der Waals surface area contributed by atoms with Crippen molar-refractivity contribution in [2.75, 3.05) is 6.61 Å². The van der Waals surface area contributed by atoms with Crippen molar-refractivity contribution in [3.8, 4) is 0 Å². The molecule has 0 atom stereocenters. The number of esters is 1. The minimum absolute atomic E-state index is 0.206. The summed E-state index contributed by atoms with van der Waals surface area (Å²) in [6.07, 6.45) is -2.67. The van der Waals surface area contributed by atoms with Gasteiger partial charge in [-0.2, -0.15) is 4.57 Å². The Bertz CT molecular complexity index is 2540. The van der Waals surface area contributed by atoms with E-state index in [-0.39, 0.29) is 5.69 Å². The van der Waals surface area contributed by atoms with E-state index in [1.165, 1.54) is 6.20 Å². The van der Waals surface area contributed by atoms with Crippen molar-refractivity contribution in [1.82, 2.24) is 4.98 Å². The van der Waals surface area contributed by atoms with E-state index in [2.05, 4.69) is 9.72 Å². The van der Waals surface area contributed by atoms with Gasteiger partial charge in [-0.3, -0.25) is 4.98 Å². The van der Waals surface area contributed by atoms with Gasteiger partial charge in [0.15, 0.2) is 89.2 Å². The predicted molar refractivity (Wildman–Crippen MR) is 177 cm³/mol. The zero-order chi connectivity index (χ0) is 48.7. The fourth-order valence-electron chi connectivity index (χ4n) is 6.55. The molecule has 65 heavy (non-hydrogen) atoms. The zero-order valence-electron chi connectivity index (χ0n) is 30.7. The number of ether oxygens (including phenoxy) is 1. The van der Waals surface area contributed by atoms with E-state index in [1.54, 1.807) is 17.0 Å². The fraction of sp³-hybridized carbons (Fsp3) is 0.0526. The van der Waals surface area contributed by atoms with E-state index in [4.69, 9.17) is 5.11 Å². The molecule has 0 amide bonds. The number of aromatic nitrogens is 2. The van der Waals surface area contributed by atoms with Gasteiger partial charge in [0.1, 0.15) is 58.9 Å². The van der Waals surface area contributed by atoms with Crippen molar-refractivity contribution in [1.29, 1.82) is 0 Å². The van der Waals surface area contributed by atoms with Crippen LogP contribution in [0.15, 0.2) is 48.9 Å². The van der Waals surface area contributed by atoms with Crippen molar-refractivity contribution in [2.24, 2.45) is 0 Å². The van der Waals surface area contributed by atoms with Crippen LogP contribution < -0.4 is 26.4 Å². The third-order valence-electron chi connectivity index (χ3n) is 9.28. The first-order valence-electron chi connectivity index (χ1n) is 16.9. The minimum atomic E-state index is -7.22. The second kappa shape index (κ2) is 18.5. The number of carboxylic acid groups (broad SMARTS) is 1. The quantitative estimate of drug-likeness (QED) is 0.0448. The van der Waals surface area contributed by atoms with Crippen molar-refractivity contribution in [2.45, 2.75) is 6.54 Å². The van der Waals surface area contributed by atoms with Gasteiger partial charge in [0, 0.05) is 5.56 Å². The Labute approximate surface area is 346 Å². The highest BCUT2D eigenvalue weighted by Crippen LogP contribution is 2.30. The van der Waals surface area contributed by atoms with Gasteiger partial charge in [-0.1, -0.05) is 30.3 Å². The molecular formula is C38H13BF20N2O4. The first-order chi connectivity index (χ1) is 30.4. The van der Waals surface area contributed by atoms with Crippen molar-refractivity contribution in [3.63, 3.8) is 0 Å². The van der Waals surface area contributed by atoms with Crippen molar-refractivity contribution < 1.29 is 112 Å². The summed E-state index contributed by atoms with van der Waals surface area (Å²) < 4.78 is 300. The molecule has 0 bridgehead atoms. The molecule has 6 aromatic rings. The second-order valence-electron chi connectivity index (χ2n) is 12.8. The van der Waals surface area contributed by atoms with Crippen molar-refractivity contribution in [3.05, 3.63) is 177 Å². The molecule has 1 heterocycles. The van der Waals surface area contributed by atoms with Crippen LogP contribution in [0.5, 0.6) is 0 Å². The Hall–Kier alpha value is -7.22. The van der Waals surface area contributed by atoms with E-state index >= 15 is 35.1 Å². The molecular weight excluding hydrogens is 939 g/mol. The number of rotatable bonds is 9. The van der Waals surface area contributed by atoms with Gasteiger partial charge in [-0.05, 0) is 0 Å². The SMILES string of the molecule is Fc1c(F)c(F)c([B-](c2c(F)c(F)c(F)c(F)c2F)(c2c(F)c(F)c(F)c(F)c2F)c2c(F)c(F)c(F)c(F)c2F)c(F)c1F.O=C(O)COC(=O)c1cncc[n+]1Cc1ccccc1. The van der Waals surface area contributed by atoms with Gasteiger partial charge >= 0.3 is 17.6 Å². The third kappa shape index (κ3) is 8.13. The number of carboxylic acids is 1. The fourth-order valence-corrected chi connectivity index (χ4v) is 6.55. The van der Waals surface area contributed by atoms with Crippen LogP contribution in [0.4, 0.5) is 87.8 Å². The Kier molecular flexibility index (Phi) is 13.9. The maximum Gasteiger partial charge on any atom is 0.405 e. The number of aliphatic carboxylic acids is 1. The zero-order valence-corrected chi connectivity index (χ0v) is 30.7. The lowest BCUT2D eigenvalue weighted by molar-refractivity contribution is -0.691. The first kappa shape index (κ1) is 48.8. The molecule has 1 aromatic heterocycles. The number of halogens is 20. The number of benzene rings is 5. The number of hydrogen-bond donors (Lipinski definition) is 1. The Morgan fingerprint density at radius 2 is 0.769 bits per heavy atom. The summed E-state index contributed by atoms with van der Waals surface area (Å²) in [6, 6.07) is 9.57. The topological polar surface area (TPSA) is 80.4 Å². The Balaban J connectivity index is 0.000000330. The standard InChI is InChI=1S/C24BF20.C14H12N2O4/c26-5-1(6(27)14(35)21(42)13(5)34)25(2-7(28)15(36)22(43)16(37)8(2)29,3-9(30)17(38)23(44)18(39)10(3)31)4-11(32)19(40)24(45)20(41)12(4)33;17-13(18)10-20-14(19)12-8-15-6-7-16(12)9-11-4-2-1-3-5-11/h;1-8H,9-10H2/q-1;/p+1. The summed E-state index contributed by atoms with van der Waals surface area (Å²) in [7, 11) is 0. The van der Waals surface area contributed by atoms with Crippen LogP contribution in [0, 0.1) is 116 Å².